The Kier molecular flexibility index (Phi) is 4.47. The van der Waals surface area contributed by atoms with Gasteiger partial charge in [-0.3, -0.25) is 4.79 Å². The molecule has 2 aromatic carbocycles. The Morgan fingerprint density at radius 3 is 2.50 bits per heavy atom. The lowest BCUT2D eigenvalue weighted by Gasteiger charge is -2.08. The van der Waals surface area contributed by atoms with E-state index in [2.05, 4.69) is 15.6 Å². The van der Waals surface area contributed by atoms with Crippen LogP contribution in [0.5, 0.6) is 0 Å². The van der Waals surface area contributed by atoms with E-state index in [9.17, 15) is 13.6 Å². The fourth-order valence-corrected chi connectivity index (χ4v) is 2.08. The van der Waals surface area contributed by atoms with Gasteiger partial charge in [0, 0.05) is 5.56 Å². The lowest BCUT2D eigenvalue weighted by Crippen LogP contribution is -2.12. The maximum Gasteiger partial charge on any atom is 0.255 e. The van der Waals surface area contributed by atoms with Gasteiger partial charge in [-0.2, -0.15) is 0 Å². The first-order valence-electron chi connectivity index (χ1n) is 7.16. The van der Waals surface area contributed by atoms with Gasteiger partial charge in [0.15, 0.2) is 0 Å². The zero-order valence-electron chi connectivity index (χ0n) is 12.5. The van der Waals surface area contributed by atoms with Crippen molar-refractivity contribution < 1.29 is 13.6 Å². The van der Waals surface area contributed by atoms with E-state index < -0.39 is 11.7 Å². The van der Waals surface area contributed by atoms with Crippen LogP contribution in [0.2, 0.25) is 0 Å². The van der Waals surface area contributed by atoms with Gasteiger partial charge >= 0.3 is 0 Å². The van der Waals surface area contributed by atoms with E-state index in [-0.39, 0.29) is 11.4 Å². The Balaban J connectivity index is 1.68. The number of carbonyl (C=O) groups excluding carboxylic acids is 1. The summed E-state index contributed by atoms with van der Waals surface area (Å²) in [6.07, 6.45) is 1.43. The zero-order chi connectivity index (χ0) is 16.9. The van der Waals surface area contributed by atoms with Crippen molar-refractivity contribution in [1.29, 1.82) is 0 Å². The van der Waals surface area contributed by atoms with E-state index in [0.717, 1.165) is 6.07 Å². The molecule has 0 aliphatic rings. The number of benzene rings is 2. The van der Waals surface area contributed by atoms with Crippen LogP contribution in [0.3, 0.4) is 0 Å². The lowest BCUT2D eigenvalue weighted by atomic mass is 10.2. The van der Waals surface area contributed by atoms with Gasteiger partial charge in [0.05, 0.1) is 17.6 Å². The first-order valence-corrected chi connectivity index (χ1v) is 7.16. The molecule has 3 rings (SSSR count). The molecule has 0 unspecified atom stereocenters. The number of carbonyl (C=O) groups is 1. The van der Waals surface area contributed by atoms with Gasteiger partial charge < -0.3 is 10.6 Å². The summed E-state index contributed by atoms with van der Waals surface area (Å²) < 4.78 is 26.7. The summed E-state index contributed by atoms with van der Waals surface area (Å²) in [7, 11) is 0. The van der Waals surface area contributed by atoms with Gasteiger partial charge in [0.2, 0.25) is 0 Å². The predicted octanol–water partition coefficient (Wildman–Crippen LogP) is 4.36. The maximum absolute atomic E-state index is 13.6. The second-order valence-electron chi connectivity index (χ2n) is 5.00. The van der Waals surface area contributed by atoms with E-state index in [1.807, 2.05) is 0 Å². The second kappa shape index (κ2) is 6.87. The molecule has 4 nitrogen and oxygen atoms in total. The molecular weight excluding hydrogens is 312 g/mol. The summed E-state index contributed by atoms with van der Waals surface area (Å²) in [6, 6.07) is 14.9. The molecular formula is C18H13F2N3O. The number of nitrogens with zero attached hydrogens (tertiary/aromatic N) is 1. The third kappa shape index (κ3) is 3.73. The molecule has 120 valence electrons. The highest BCUT2D eigenvalue weighted by molar-refractivity contribution is 6.04. The lowest BCUT2D eigenvalue weighted by molar-refractivity contribution is 0.102. The van der Waals surface area contributed by atoms with Gasteiger partial charge in [-0.15, -0.1) is 0 Å². The number of pyridine rings is 1. The second-order valence-corrected chi connectivity index (χ2v) is 5.00. The van der Waals surface area contributed by atoms with Crippen LogP contribution in [-0.4, -0.2) is 10.9 Å². The van der Waals surface area contributed by atoms with Crippen LogP contribution in [0.1, 0.15) is 10.4 Å². The first-order chi connectivity index (χ1) is 11.6. The molecule has 1 amide bonds. The largest absolute Gasteiger partial charge is 0.338 e. The van der Waals surface area contributed by atoms with Gasteiger partial charge in [0.25, 0.3) is 5.91 Å². The summed E-state index contributed by atoms with van der Waals surface area (Å²) in [5.41, 5.74) is 0.966. The normalized spacial score (nSPS) is 10.2. The van der Waals surface area contributed by atoms with Gasteiger partial charge in [0.1, 0.15) is 17.5 Å². The fraction of sp³-hybridized carbons (Fsp3) is 0. The number of hydrogen-bond donors (Lipinski definition) is 2. The standard InChI is InChI=1S/C18H13F2N3O/c19-13-5-3-4-12(10-13)18(24)22-14-8-9-17(21-11-14)23-16-7-2-1-6-15(16)20/h1-11H,(H,21,23)(H,22,24). The number of amides is 1. The highest BCUT2D eigenvalue weighted by Gasteiger charge is 2.07. The summed E-state index contributed by atoms with van der Waals surface area (Å²) in [6.45, 7) is 0. The number of rotatable bonds is 4. The van der Waals surface area contributed by atoms with Crippen LogP contribution in [0.25, 0.3) is 0 Å². The summed E-state index contributed by atoms with van der Waals surface area (Å²) in [5.74, 6) is -0.872. The molecule has 0 radical (unpaired) electrons. The molecule has 0 aliphatic carbocycles. The smallest absolute Gasteiger partial charge is 0.255 e. The molecule has 24 heavy (non-hydrogen) atoms. The highest BCUT2D eigenvalue weighted by Crippen LogP contribution is 2.19. The molecule has 6 heteroatoms. The molecule has 0 atom stereocenters. The van der Waals surface area contributed by atoms with E-state index in [4.69, 9.17) is 0 Å². The van der Waals surface area contributed by atoms with Crippen LogP contribution in [0.4, 0.5) is 26.0 Å². The number of halogens is 2. The Bertz CT molecular complexity index is 866. The molecule has 0 saturated heterocycles. The zero-order valence-corrected chi connectivity index (χ0v) is 12.5. The van der Waals surface area contributed by atoms with E-state index in [0.29, 0.717) is 17.2 Å². The maximum atomic E-state index is 13.6. The quantitative estimate of drug-likeness (QED) is 0.749. The van der Waals surface area contributed by atoms with Crippen LogP contribution in [0.15, 0.2) is 66.9 Å². The van der Waals surface area contributed by atoms with Crippen LogP contribution in [-0.2, 0) is 0 Å². The van der Waals surface area contributed by atoms with Crippen molar-refractivity contribution in [2.24, 2.45) is 0 Å². The highest BCUT2D eigenvalue weighted by atomic mass is 19.1. The van der Waals surface area contributed by atoms with E-state index >= 15 is 0 Å². The van der Waals surface area contributed by atoms with Gasteiger partial charge in [-0.1, -0.05) is 18.2 Å². The fourth-order valence-electron chi connectivity index (χ4n) is 2.08. The molecule has 0 spiro atoms. The number of anilines is 3. The van der Waals surface area contributed by atoms with E-state index in [1.54, 1.807) is 30.3 Å². The summed E-state index contributed by atoms with van der Waals surface area (Å²) in [5, 5.41) is 5.46. The van der Waals surface area contributed by atoms with Crippen LogP contribution in [0, 0.1) is 11.6 Å². The monoisotopic (exact) mass is 325 g/mol. The van der Waals surface area contributed by atoms with Crippen LogP contribution < -0.4 is 10.6 Å². The van der Waals surface area contributed by atoms with Gasteiger partial charge in [-0.25, -0.2) is 13.8 Å². The minimum atomic E-state index is -0.481. The minimum Gasteiger partial charge on any atom is -0.338 e. The molecule has 0 bridgehead atoms. The average Bonchev–Trinajstić information content (AvgIpc) is 2.58. The summed E-state index contributed by atoms with van der Waals surface area (Å²) >= 11 is 0. The van der Waals surface area contributed by atoms with Crippen molar-refractivity contribution in [3.63, 3.8) is 0 Å². The number of aromatic nitrogens is 1. The Morgan fingerprint density at radius 1 is 0.958 bits per heavy atom. The summed E-state index contributed by atoms with van der Waals surface area (Å²) in [4.78, 5) is 16.1. The number of nitrogens with one attached hydrogen (secondary N) is 2. The van der Waals surface area contributed by atoms with Crippen molar-refractivity contribution >= 4 is 23.1 Å². The Labute approximate surface area is 137 Å². The van der Waals surface area contributed by atoms with Crippen LogP contribution >= 0.6 is 0 Å². The molecule has 0 saturated carbocycles. The number of para-hydroxylation sites is 1. The van der Waals surface area contributed by atoms with Crippen molar-refractivity contribution in [3.05, 3.63) is 84.1 Å². The SMILES string of the molecule is O=C(Nc1ccc(Nc2ccccc2F)nc1)c1cccc(F)c1. The van der Waals surface area contributed by atoms with Crippen molar-refractivity contribution in [2.75, 3.05) is 10.6 Å². The topological polar surface area (TPSA) is 54.0 Å². The van der Waals surface area contributed by atoms with E-state index in [1.165, 1.54) is 30.5 Å². The first kappa shape index (κ1) is 15.6. The minimum absolute atomic E-state index is 0.212. The third-order valence-electron chi connectivity index (χ3n) is 3.24. The Morgan fingerprint density at radius 2 is 1.79 bits per heavy atom. The predicted molar refractivity (Wildman–Crippen MR) is 88.3 cm³/mol. The third-order valence-corrected chi connectivity index (χ3v) is 3.24. The molecule has 3 aromatic rings. The molecule has 0 fully saturated rings. The van der Waals surface area contributed by atoms with Crippen molar-refractivity contribution in [2.45, 2.75) is 0 Å². The van der Waals surface area contributed by atoms with Gasteiger partial charge in [-0.05, 0) is 42.5 Å². The molecule has 1 aromatic heterocycles. The van der Waals surface area contributed by atoms with Crippen molar-refractivity contribution in [1.82, 2.24) is 4.98 Å². The Hall–Kier alpha value is -3.28. The molecule has 1 heterocycles. The average molecular weight is 325 g/mol. The molecule has 0 aliphatic heterocycles. The van der Waals surface area contributed by atoms with Crippen molar-refractivity contribution in [3.8, 4) is 0 Å². The molecule has 2 N–H and O–H groups in total. The number of hydrogen-bond acceptors (Lipinski definition) is 3.